The molecule has 166 valence electrons. The van der Waals surface area contributed by atoms with Gasteiger partial charge >= 0.3 is 5.69 Å². The van der Waals surface area contributed by atoms with Gasteiger partial charge in [-0.2, -0.15) is 0 Å². The first-order valence-electron chi connectivity index (χ1n) is 10.6. The molecule has 5 rings (SSSR count). The second-order valence-corrected chi connectivity index (χ2v) is 8.19. The van der Waals surface area contributed by atoms with Crippen molar-refractivity contribution in [1.82, 2.24) is 39.7 Å². The van der Waals surface area contributed by atoms with Gasteiger partial charge in [-0.15, -0.1) is 5.10 Å². The number of rotatable bonds is 5. The minimum Gasteiger partial charge on any atom is -0.317 e. The number of aromatic nitrogens is 8. The molecule has 0 radical (unpaired) electrons. The molecular formula is C23H22N8O2. The Morgan fingerprint density at radius 2 is 1.73 bits per heavy atom. The van der Waals surface area contributed by atoms with Crippen LogP contribution in [0, 0.1) is 0 Å². The molecule has 0 unspecified atom stereocenters. The van der Waals surface area contributed by atoms with Crippen LogP contribution in [0.2, 0.25) is 0 Å². The standard InChI is InChI=1S/C23H22N8O2/c1-13(2)21-24-20-18(22(32)30(3)23(33)25-20)31(21)12-14-8-10-15(11-9-14)16-6-4-5-7-17(16)19-26-28-29-27-19/h4-11,13H,12H2,1-3H3,(H,25,33)(H,26,27,28,29). The number of imidazole rings is 1. The van der Waals surface area contributed by atoms with Crippen LogP contribution in [0.1, 0.15) is 31.2 Å². The van der Waals surface area contributed by atoms with Gasteiger partial charge in [-0.1, -0.05) is 62.4 Å². The Labute approximate surface area is 187 Å². The van der Waals surface area contributed by atoms with E-state index in [1.807, 2.05) is 66.9 Å². The molecule has 10 nitrogen and oxygen atoms in total. The first kappa shape index (κ1) is 20.6. The fraction of sp³-hybridized carbons (Fsp3) is 0.217. The SMILES string of the molecule is CC(C)c1nc2[nH]c(=O)n(C)c(=O)c2n1Cc1ccc(-c2ccccc2-c2nnn[nH]2)cc1. The molecule has 0 aliphatic rings. The Kier molecular flexibility index (Phi) is 4.97. The van der Waals surface area contributed by atoms with Crippen LogP contribution in [-0.2, 0) is 13.6 Å². The average Bonchev–Trinajstić information content (AvgIpc) is 3.47. The van der Waals surface area contributed by atoms with Gasteiger partial charge < -0.3 is 4.57 Å². The number of tetrazole rings is 1. The van der Waals surface area contributed by atoms with E-state index in [9.17, 15) is 9.59 Å². The second-order valence-electron chi connectivity index (χ2n) is 8.19. The Bertz CT molecular complexity index is 1560. The molecule has 0 bridgehead atoms. The number of nitrogens with one attached hydrogen (secondary N) is 2. The summed E-state index contributed by atoms with van der Waals surface area (Å²) in [6.45, 7) is 4.48. The van der Waals surface area contributed by atoms with Crippen molar-refractivity contribution in [2.24, 2.45) is 7.05 Å². The molecule has 0 spiro atoms. The molecule has 2 aromatic carbocycles. The molecule has 5 aromatic rings. The van der Waals surface area contributed by atoms with Crippen molar-refractivity contribution in [1.29, 1.82) is 0 Å². The number of aromatic amines is 2. The van der Waals surface area contributed by atoms with Crippen LogP contribution in [0.5, 0.6) is 0 Å². The smallest absolute Gasteiger partial charge is 0.317 e. The molecule has 0 fully saturated rings. The van der Waals surface area contributed by atoms with Crippen LogP contribution in [0.25, 0.3) is 33.7 Å². The molecule has 0 amide bonds. The zero-order valence-electron chi connectivity index (χ0n) is 18.4. The predicted octanol–water partition coefficient (Wildman–Crippen LogP) is 2.44. The van der Waals surface area contributed by atoms with E-state index >= 15 is 0 Å². The summed E-state index contributed by atoms with van der Waals surface area (Å²) in [7, 11) is 1.46. The quantitative estimate of drug-likeness (QED) is 0.430. The minimum absolute atomic E-state index is 0.0762. The van der Waals surface area contributed by atoms with Crippen LogP contribution in [0.3, 0.4) is 0 Å². The van der Waals surface area contributed by atoms with Crippen molar-refractivity contribution in [2.75, 3.05) is 0 Å². The predicted molar refractivity (Wildman–Crippen MR) is 124 cm³/mol. The maximum absolute atomic E-state index is 12.8. The van der Waals surface area contributed by atoms with E-state index in [0.29, 0.717) is 23.5 Å². The lowest BCUT2D eigenvalue weighted by molar-refractivity contribution is 0.679. The van der Waals surface area contributed by atoms with Gasteiger partial charge in [0, 0.05) is 25.1 Å². The summed E-state index contributed by atoms with van der Waals surface area (Å²) in [6, 6.07) is 16.0. The van der Waals surface area contributed by atoms with Gasteiger partial charge in [0.05, 0.1) is 0 Å². The molecule has 0 aliphatic heterocycles. The normalized spacial score (nSPS) is 11.5. The highest BCUT2D eigenvalue weighted by Gasteiger charge is 2.19. The first-order chi connectivity index (χ1) is 15.9. The molecule has 0 atom stereocenters. The third kappa shape index (κ3) is 3.55. The second kappa shape index (κ2) is 7.97. The Balaban J connectivity index is 1.55. The number of nitrogens with zero attached hydrogens (tertiary/aromatic N) is 6. The highest BCUT2D eigenvalue weighted by atomic mass is 16.2. The molecule has 33 heavy (non-hydrogen) atoms. The van der Waals surface area contributed by atoms with Crippen molar-refractivity contribution in [2.45, 2.75) is 26.3 Å². The lowest BCUT2D eigenvalue weighted by Crippen LogP contribution is -2.33. The van der Waals surface area contributed by atoms with E-state index in [2.05, 4.69) is 30.6 Å². The minimum atomic E-state index is -0.475. The number of fused-ring (bicyclic) bond motifs is 1. The number of hydrogen-bond donors (Lipinski definition) is 2. The monoisotopic (exact) mass is 442 g/mol. The lowest BCUT2D eigenvalue weighted by atomic mass is 9.98. The first-order valence-corrected chi connectivity index (χ1v) is 10.6. The van der Waals surface area contributed by atoms with Gasteiger partial charge in [0.25, 0.3) is 5.56 Å². The zero-order valence-corrected chi connectivity index (χ0v) is 18.4. The fourth-order valence-electron chi connectivity index (χ4n) is 4.00. The van der Waals surface area contributed by atoms with Crippen LogP contribution in [-0.4, -0.2) is 39.7 Å². The average molecular weight is 442 g/mol. The molecule has 0 saturated heterocycles. The van der Waals surface area contributed by atoms with Crippen LogP contribution in [0.4, 0.5) is 0 Å². The van der Waals surface area contributed by atoms with E-state index in [1.165, 1.54) is 7.05 Å². The van der Waals surface area contributed by atoms with Gasteiger partial charge in [-0.25, -0.2) is 14.9 Å². The summed E-state index contributed by atoms with van der Waals surface area (Å²) < 4.78 is 2.96. The fourth-order valence-corrected chi connectivity index (χ4v) is 4.00. The van der Waals surface area contributed by atoms with Crippen molar-refractivity contribution in [3.8, 4) is 22.5 Å². The molecule has 3 heterocycles. The van der Waals surface area contributed by atoms with Crippen molar-refractivity contribution < 1.29 is 0 Å². The molecule has 0 saturated carbocycles. The summed E-state index contributed by atoms with van der Waals surface area (Å²) in [5.41, 5.74) is 3.82. The largest absolute Gasteiger partial charge is 0.329 e. The number of hydrogen-bond acceptors (Lipinski definition) is 6. The van der Waals surface area contributed by atoms with Crippen molar-refractivity contribution in [3.63, 3.8) is 0 Å². The Morgan fingerprint density at radius 1 is 1.00 bits per heavy atom. The molecule has 0 aliphatic carbocycles. The van der Waals surface area contributed by atoms with E-state index in [1.54, 1.807) is 0 Å². The van der Waals surface area contributed by atoms with E-state index in [-0.39, 0.29) is 11.5 Å². The molecule has 2 N–H and O–H groups in total. The highest BCUT2D eigenvalue weighted by Crippen LogP contribution is 2.30. The van der Waals surface area contributed by atoms with Crippen LogP contribution < -0.4 is 11.2 Å². The maximum Gasteiger partial charge on any atom is 0.329 e. The molecular weight excluding hydrogens is 420 g/mol. The van der Waals surface area contributed by atoms with Gasteiger partial charge in [0.15, 0.2) is 17.0 Å². The van der Waals surface area contributed by atoms with Crippen molar-refractivity contribution >= 4 is 11.2 Å². The number of H-pyrrole nitrogens is 2. The summed E-state index contributed by atoms with van der Waals surface area (Å²) in [6.07, 6.45) is 0. The zero-order chi connectivity index (χ0) is 23.1. The van der Waals surface area contributed by atoms with Gasteiger partial charge in [-0.05, 0) is 27.1 Å². The van der Waals surface area contributed by atoms with Crippen LogP contribution >= 0.6 is 0 Å². The number of benzene rings is 2. The Hall–Kier alpha value is -4.34. The molecule has 10 heteroatoms. The Morgan fingerprint density at radius 3 is 2.39 bits per heavy atom. The summed E-state index contributed by atoms with van der Waals surface area (Å²) >= 11 is 0. The van der Waals surface area contributed by atoms with Gasteiger partial charge in [0.1, 0.15) is 5.82 Å². The topological polar surface area (TPSA) is 127 Å². The third-order valence-corrected chi connectivity index (χ3v) is 5.68. The summed E-state index contributed by atoms with van der Waals surface area (Å²) in [5.74, 6) is 1.43. The molecule has 3 aromatic heterocycles. The van der Waals surface area contributed by atoms with E-state index < -0.39 is 5.69 Å². The van der Waals surface area contributed by atoms with Crippen molar-refractivity contribution in [3.05, 3.63) is 80.8 Å². The lowest BCUT2D eigenvalue weighted by Gasteiger charge is -2.12. The summed E-state index contributed by atoms with van der Waals surface area (Å²) in [5, 5.41) is 14.2. The highest BCUT2D eigenvalue weighted by molar-refractivity contribution is 5.80. The van der Waals surface area contributed by atoms with Gasteiger partial charge in [0.2, 0.25) is 0 Å². The summed E-state index contributed by atoms with van der Waals surface area (Å²) in [4.78, 5) is 32.1. The maximum atomic E-state index is 12.8. The third-order valence-electron chi connectivity index (χ3n) is 5.68. The van der Waals surface area contributed by atoms with Gasteiger partial charge in [-0.3, -0.25) is 14.3 Å². The van der Waals surface area contributed by atoms with E-state index in [4.69, 9.17) is 0 Å². The van der Waals surface area contributed by atoms with Crippen LogP contribution in [0.15, 0.2) is 58.1 Å². The van der Waals surface area contributed by atoms with E-state index in [0.717, 1.165) is 32.6 Å².